The summed E-state index contributed by atoms with van der Waals surface area (Å²) in [5.74, 6) is 0.528. The fourth-order valence-electron chi connectivity index (χ4n) is 1.46. The van der Waals surface area contributed by atoms with Crippen molar-refractivity contribution in [2.45, 2.75) is 34.2 Å². The molecule has 0 radical (unpaired) electrons. The third kappa shape index (κ3) is 2.71. The lowest BCUT2D eigenvalue weighted by atomic mass is 9.93. The number of amides is 1. The molecule has 0 aromatic carbocycles. The van der Waals surface area contributed by atoms with Gasteiger partial charge in [-0.3, -0.25) is 4.79 Å². The van der Waals surface area contributed by atoms with Crippen molar-refractivity contribution in [1.29, 1.82) is 0 Å². The number of nitrogens with one attached hydrogen (secondary N) is 1. The van der Waals surface area contributed by atoms with Gasteiger partial charge in [0.2, 0.25) is 5.91 Å². The summed E-state index contributed by atoms with van der Waals surface area (Å²) in [5, 5.41) is 3.06. The zero-order chi connectivity index (χ0) is 9.14. The Morgan fingerprint density at radius 1 is 1.58 bits per heavy atom. The van der Waals surface area contributed by atoms with Crippen molar-refractivity contribution in [3.63, 3.8) is 0 Å². The first kappa shape index (κ1) is 11.0. The summed E-state index contributed by atoms with van der Waals surface area (Å²) >= 11 is 4.73. The van der Waals surface area contributed by atoms with Gasteiger partial charge in [-0.1, -0.05) is 52.1 Å². The molecule has 1 aliphatic rings. The van der Waals surface area contributed by atoms with Crippen molar-refractivity contribution in [1.82, 2.24) is 5.32 Å². The fraction of sp³-hybridized carbons (Fsp3) is 0.875. The van der Waals surface area contributed by atoms with Gasteiger partial charge in [-0.2, -0.15) is 0 Å². The van der Waals surface area contributed by atoms with Crippen molar-refractivity contribution in [3.05, 3.63) is 0 Å². The fourth-order valence-corrected chi connectivity index (χ4v) is 2.54. The first-order valence-corrected chi connectivity index (χ1v) is 6.72. The smallest absolute Gasteiger partial charge is 0.223 e. The number of piperidine rings is 1. The van der Waals surface area contributed by atoms with Crippen molar-refractivity contribution in [3.8, 4) is 0 Å². The summed E-state index contributed by atoms with van der Waals surface area (Å²) in [4.78, 5) is 11.4. The molecule has 2 nitrogen and oxygen atoms in total. The molecule has 1 N–H and O–H groups in total. The minimum atomic E-state index is 0.257. The molecule has 1 heterocycles. The average Bonchev–Trinajstić information content (AvgIpc) is 2.04. The van der Waals surface area contributed by atoms with E-state index in [1.165, 1.54) is 0 Å². The molecule has 0 aliphatic carbocycles. The first-order valence-electron chi connectivity index (χ1n) is 4.23. The third-order valence-corrected chi connectivity index (χ3v) is 4.06. The van der Waals surface area contributed by atoms with Crippen LogP contribution in [0.3, 0.4) is 0 Å². The maximum atomic E-state index is 11.4. The summed E-state index contributed by atoms with van der Waals surface area (Å²) in [6.45, 7) is 2.08. The lowest BCUT2D eigenvalue weighted by Crippen LogP contribution is -2.46. The molecule has 0 aromatic heterocycles. The predicted octanol–water partition coefficient (Wildman–Crippen LogP) is 2.49. The summed E-state index contributed by atoms with van der Waals surface area (Å²) in [7, 11) is 0. The van der Waals surface area contributed by atoms with Crippen LogP contribution >= 0.6 is 45.2 Å². The number of alkyl halides is 2. The van der Waals surface area contributed by atoms with Crippen LogP contribution in [0.15, 0.2) is 0 Å². The Labute approximate surface area is 101 Å². The molecule has 0 spiro atoms. The number of hydrogen-bond donors (Lipinski definition) is 1. The van der Waals surface area contributed by atoms with Gasteiger partial charge in [0.1, 0.15) is 0 Å². The second-order valence-corrected chi connectivity index (χ2v) is 8.20. The van der Waals surface area contributed by atoms with E-state index in [4.69, 9.17) is 0 Å². The van der Waals surface area contributed by atoms with Crippen LogP contribution in [-0.2, 0) is 4.79 Å². The van der Waals surface area contributed by atoms with Crippen LogP contribution in [-0.4, -0.2) is 13.9 Å². The Morgan fingerprint density at radius 3 is 2.67 bits per heavy atom. The Hall–Kier alpha value is 0.930. The summed E-state index contributed by atoms with van der Waals surface area (Å²) in [6, 6.07) is 0.390. The maximum Gasteiger partial charge on any atom is 0.223 e. The van der Waals surface area contributed by atoms with E-state index in [2.05, 4.69) is 57.4 Å². The van der Waals surface area contributed by atoms with Crippen LogP contribution in [0, 0.1) is 5.92 Å². The molecule has 0 unspecified atom stereocenters. The SMILES string of the molecule is CC[C@H]1CC[C@@H](C(I)I)NC1=O. The van der Waals surface area contributed by atoms with E-state index in [1.54, 1.807) is 0 Å². The molecule has 1 saturated heterocycles. The zero-order valence-electron chi connectivity index (χ0n) is 7.02. The minimum Gasteiger partial charge on any atom is -0.351 e. The van der Waals surface area contributed by atoms with Gasteiger partial charge in [0.25, 0.3) is 0 Å². The molecular weight excluding hydrogens is 380 g/mol. The zero-order valence-corrected chi connectivity index (χ0v) is 11.3. The van der Waals surface area contributed by atoms with Crippen molar-refractivity contribution in [2.75, 3.05) is 0 Å². The molecule has 70 valence electrons. The highest BCUT2D eigenvalue weighted by Gasteiger charge is 2.28. The number of carbonyl (C=O) groups is 1. The second-order valence-electron chi connectivity index (χ2n) is 3.13. The van der Waals surface area contributed by atoms with E-state index in [0.29, 0.717) is 7.97 Å². The quantitative estimate of drug-likeness (QED) is 0.567. The molecule has 2 atom stereocenters. The molecule has 1 amide bonds. The molecule has 12 heavy (non-hydrogen) atoms. The van der Waals surface area contributed by atoms with Crippen molar-refractivity contribution >= 4 is 51.1 Å². The number of hydrogen-bond acceptors (Lipinski definition) is 1. The van der Waals surface area contributed by atoms with Crippen molar-refractivity contribution < 1.29 is 4.79 Å². The Kier molecular flexibility index (Phi) is 4.56. The van der Waals surface area contributed by atoms with E-state index in [1.807, 2.05) is 0 Å². The van der Waals surface area contributed by atoms with Gasteiger partial charge in [0.05, 0.1) is 1.93 Å². The van der Waals surface area contributed by atoms with E-state index < -0.39 is 0 Å². The number of carbonyl (C=O) groups excluding carboxylic acids is 1. The van der Waals surface area contributed by atoms with E-state index in [9.17, 15) is 4.79 Å². The predicted molar refractivity (Wildman–Crippen MR) is 66.8 cm³/mol. The molecule has 0 saturated carbocycles. The highest BCUT2D eigenvalue weighted by molar-refractivity contribution is 14.2. The van der Waals surface area contributed by atoms with E-state index in [0.717, 1.165) is 19.3 Å². The standard InChI is InChI=1S/C8H13I2NO/c1-2-5-3-4-6(7(9)10)11-8(5)12/h5-7H,2-4H2,1H3,(H,11,12)/t5-,6-/m0/s1. The molecule has 1 aliphatic heterocycles. The Balaban J connectivity index is 2.46. The largest absolute Gasteiger partial charge is 0.351 e. The normalized spacial score (nSPS) is 30.5. The monoisotopic (exact) mass is 393 g/mol. The van der Waals surface area contributed by atoms with E-state index >= 15 is 0 Å². The summed E-state index contributed by atoms with van der Waals surface area (Å²) in [5.41, 5.74) is 0. The maximum absolute atomic E-state index is 11.4. The molecule has 1 rings (SSSR count). The van der Waals surface area contributed by atoms with Crippen LogP contribution in [0.2, 0.25) is 0 Å². The Morgan fingerprint density at radius 2 is 2.25 bits per heavy atom. The second kappa shape index (κ2) is 4.97. The minimum absolute atomic E-state index is 0.257. The summed E-state index contributed by atoms with van der Waals surface area (Å²) in [6.07, 6.45) is 3.18. The van der Waals surface area contributed by atoms with Crippen LogP contribution in [0.4, 0.5) is 0 Å². The molecule has 4 heteroatoms. The van der Waals surface area contributed by atoms with Crippen LogP contribution in [0.1, 0.15) is 26.2 Å². The first-order chi connectivity index (χ1) is 5.65. The highest BCUT2D eigenvalue weighted by atomic mass is 127. The average molecular weight is 393 g/mol. The van der Waals surface area contributed by atoms with Gasteiger partial charge in [-0.15, -0.1) is 0 Å². The molecule has 0 bridgehead atoms. The van der Waals surface area contributed by atoms with Crippen LogP contribution in [0.5, 0.6) is 0 Å². The van der Waals surface area contributed by atoms with Gasteiger partial charge in [0.15, 0.2) is 0 Å². The third-order valence-electron chi connectivity index (χ3n) is 2.32. The van der Waals surface area contributed by atoms with Crippen LogP contribution in [0.25, 0.3) is 0 Å². The van der Waals surface area contributed by atoms with Gasteiger partial charge < -0.3 is 5.32 Å². The number of rotatable bonds is 2. The lowest BCUT2D eigenvalue weighted by Gasteiger charge is -2.29. The van der Waals surface area contributed by atoms with Gasteiger partial charge >= 0.3 is 0 Å². The van der Waals surface area contributed by atoms with Gasteiger partial charge in [-0.25, -0.2) is 0 Å². The highest BCUT2D eigenvalue weighted by Crippen LogP contribution is 2.25. The van der Waals surface area contributed by atoms with Crippen molar-refractivity contribution in [2.24, 2.45) is 5.92 Å². The topological polar surface area (TPSA) is 29.1 Å². The Bertz CT molecular complexity index is 172. The summed E-state index contributed by atoms with van der Waals surface area (Å²) < 4.78 is 0.516. The lowest BCUT2D eigenvalue weighted by molar-refractivity contribution is -0.127. The molecule has 1 fully saturated rings. The molecular formula is C8H13I2NO. The number of halogens is 2. The van der Waals surface area contributed by atoms with E-state index in [-0.39, 0.29) is 11.8 Å². The van der Waals surface area contributed by atoms with Crippen LogP contribution < -0.4 is 5.32 Å². The van der Waals surface area contributed by atoms with Gasteiger partial charge in [-0.05, 0) is 19.3 Å². The van der Waals surface area contributed by atoms with Gasteiger partial charge in [0, 0.05) is 12.0 Å². The molecule has 0 aromatic rings.